The van der Waals surface area contributed by atoms with Crippen molar-refractivity contribution in [2.45, 2.75) is 12.2 Å². The van der Waals surface area contributed by atoms with Crippen LogP contribution < -0.4 is 5.32 Å². The van der Waals surface area contributed by atoms with Crippen molar-refractivity contribution in [1.82, 2.24) is 15.3 Å². The van der Waals surface area contributed by atoms with E-state index in [-0.39, 0.29) is 16.6 Å². The molecule has 0 aliphatic heterocycles. The fourth-order valence-electron chi connectivity index (χ4n) is 3.16. The summed E-state index contributed by atoms with van der Waals surface area (Å²) < 4.78 is 52.0. The quantitative estimate of drug-likeness (QED) is 0.450. The Hall–Kier alpha value is -3.68. The number of carbonyl (C=O) groups is 1. The highest BCUT2D eigenvalue weighted by Gasteiger charge is 2.34. The summed E-state index contributed by atoms with van der Waals surface area (Å²) in [6.45, 7) is 0. The molecular formula is C22H15F4N3O. The van der Waals surface area contributed by atoms with Gasteiger partial charge in [0.2, 0.25) is 5.82 Å². The Morgan fingerprint density at radius 3 is 2.30 bits per heavy atom. The van der Waals surface area contributed by atoms with Crippen molar-refractivity contribution in [3.63, 3.8) is 0 Å². The van der Waals surface area contributed by atoms with E-state index in [9.17, 15) is 22.4 Å². The van der Waals surface area contributed by atoms with Crippen molar-refractivity contribution in [2.24, 2.45) is 0 Å². The summed E-state index contributed by atoms with van der Waals surface area (Å²) in [7, 11) is 0. The van der Waals surface area contributed by atoms with E-state index in [0.29, 0.717) is 5.56 Å². The lowest BCUT2D eigenvalue weighted by molar-refractivity contribution is -0.144. The number of halogens is 4. The van der Waals surface area contributed by atoms with Gasteiger partial charge in [0.05, 0.1) is 17.1 Å². The Bertz CT molecular complexity index is 1180. The molecule has 4 aromatic rings. The van der Waals surface area contributed by atoms with Gasteiger partial charge in [-0.2, -0.15) is 13.2 Å². The zero-order valence-corrected chi connectivity index (χ0v) is 15.4. The standard InChI is InChI=1S/C22H15F4N3O/c23-16-9-6-14(7-10-16)20(30)29-19(13-4-2-1-3-5-13)15-8-11-17-18(12-15)28-21(27-17)22(24,25)26/h1-12,19H,(H,27,28)(H,29,30). The number of rotatable bonds is 4. The van der Waals surface area contributed by atoms with Crippen LogP contribution >= 0.6 is 0 Å². The number of hydrogen-bond donors (Lipinski definition) is 2. The predicted octanol–water partition coefficient (Wildman–Crippen LogP) is 5.24. The SMILES string of the molecule is O=C(NC(c1ccccc1)c1ccc2nc(C(F)(F)F)[nH]c2c1)c1ccc(F)cc1. The summed E-state index contributed by atoms with van der Waals surface area (Å²) in [6, 6.07) is 18.1. The fourth-order valence-corrected chi connectivity index (χ4v) is 3.16. The van der Waals surface area contributed by atoms with Crippen molar-refractivity contribution < 1.29 is 22.4 Å². The molecule has 0 aliphatic carbocycles. The van der Waals surface area contributed by atoms with Gasteiger partial charge in [0.25, 0.3) is 5.91 Å². The molecule has 8 heteroatoms. The summed E-state index contributed by atoms with van der Waals surface area (Å²) in [5.74, 6) is -1.98. The fraction of sp³-hybridized carbons (Fsp3) is 0.0909. The average molecular weight is 413 g/mol. The maximum atomic E-state index is 13.2. The normalized spacial score (nSPS) is 12.7. The molecule has 0 saturated carbocycles. The average Bonchev–Trinajstić information content (AvgIpc) is 3.17. The number of aromatic nitrogens is 2. The molecule has 1 amide bonds. The number of nitrogens with one attached hydrogen (secondary N) is 2. The lowest BCUT2D eigenvalue weighted by Crippen LogP contribution is -2.29. The molecule has 1 unspecified atom stereocenters. The third-order valence-electron chi connectivity index (χ3n) is 4.62. The second-order valence-electron chi connectivity index (χ2n) is 6.68. The molecule has 1 atom stereocenters. The number of alkyl halides is 3. The minimum Gasteiger partial charge on any atom is -0.341 e. The number of H-pyrrole nitrogens is 1. The zero-order chi connectivity index (χ0) is 21.3. The van der Waals surface area contributed by atoms with Crippen LogP contribution in [0.2, 0.25) is 0 Å². The van der Waals surface area contributed by atoms with E-state index in [1.165, 1.54) is 36.4 Å². The van der Waals surface area contributed by atoms with Crippen LogP contribution in [0, 0.1) is 5.82 Å². The number of fused-ring (bicyclic) bond motifs is 1. The van der Waals surface area contributed by atoms with Gasteiger partial charge in [-0.25, -0.2) is 9.37 Å². The molecule has 1 heterocycles. The maximum absolute atomic E-state index is 13.2. The van der Waals surface area contributed by atoms with Crippen LogP contribution in [-0.4, -0.2) is 15.9 Å². The highest BCUT2D eigenvalue weighted by atomic mass is 19.4. The Kier molecular flexibility index (Phi) is 4.99. The van der Waals surface area contributed by atoms with Crippen LogP contribution in [0.5, 0.6) is 0 Å². The van der Waals surface area contributed by atoms with Gasteiger partial charge in [-0.05, 0) is 47.5 Å². The number of carbonyl (C=O) groups excluding carboxylic acids is 1. The summed E-state index contributed by atoms with van der Waals surface area (Å²) in [5.41, 5.74) is 1.95. The van der Waals surface area contributed by atoms with E-state index in [0.717, 1.165) is 5.56 Å². The molecule has 4 rings (SSSR count). The van der Waals surface area contributed by atoms with Crippen molar-refractivity contribution in [3.8, 4) is 0 Å². The highest BCUT2D eigenvalue weighted by molar-refractivity contribution is 5.94. The van der Waals surface area contributed by atoms with E-state index >= 15 is 0 Å². The second kappa shape index (κ2) is 7.62. The first kappa shape index (κ1) is 19.6. The Morgan fingerprint density at radius 1 is 0.933 bits per heavy atom. The van der Waals surface area contributed by atoms with Crippen molar-refractivity contribution in [1.29, 1.82) is 0 Å². The lowest BCUT2D eigenvalue weighted by atomic mass is 9.97. The number of amides is 1. The molecule has 0 fully saturated rings. The highest BCUT2D eigenvalue weighted by Crippen LogP contribution is 2.30. The third-order valence-corrected chi connectivity index (χ3v) is 4.62. The molecule has 0 bridgehead atoms. The summed E-state index contributed by atoms with van der Waals surface area (Å²) in [4.78, 5) is 18.6. The summed E-state index contributed by atoms with van der Waals surface area (Å²) in [5, 5.41) is 2.87. The topological polar surface area (TPSA) is 57.8 Å². The first-order chi connectivity index (χ1) is 14.3. The zero-order valence-electron chi connectivity index (χ0n) is 15.4. The smallest absolute Gasteiger partial charge is 0.341 e. The Balaban J connectivity index is 1.72. The molecule has 0 spiro atoms. The van der Waals surface area contributed by atoms with Gasteiger partial charge in [-0.1, -0.05) is 36.4 Å². The van der Waals surface area contributed by atoms with Gasteiger partial charge in [-0.15, -0.1) is 0 Å². The third kappa shape index (κ3) is 4.03. The number of aromatic amines is 1. The largest absolute Gasteiger partial charge is 0.449 e. The first-order valence-corrected chi connectivity index (χ1v) is 8.99. The van der Waals surface area contributed by atoms with Crippen molar-refractivity contribution in [3.05, 3.63) is 101 Å². The van der Waals surface area contributed by atoms with Crippen LogP contribution in [0.3, 0.4) is 0 Å². The molecule has 3 aromatic carbocycles. The van der Waals surface area contributed by atoms with Crippen LogP contribution in [0.25, 0.3) is 11.0 Å². The molecular weight excluding hydrogens is 398 g/mol. The van der Waals surface area contributed by atoms with Gasteiger partial charge < -0.3 is 10.3 Å². The van der Waals surface area contributed by atoms with Crippen LogP contribution in [0.4, 0.5) is 17.6 Å². The maximum Gasteiger partial charge on any atom is 0.449 e. The Morgan fingerprint density at radius 2 is 1.63 bits per heavy atom. The monoisotopic (exact) mass is 413 g/mol. The number of nitrogens with zero attached hydrogens (tertiary/aromatic N) is 1. The molecule has 0 aliphatic rings. The van der Waals surface area contributed by atoms with E-state index < -0.39 is 29.8 Å². The summed E-state index contributed by atoms with van der Waals surface area (Å²) >= 11 is 0. The second-order valence-corrected chi connectivity index (χ2v) is 6.68. The Labute approximate surface area is 168 Å². The van der Waals surface area contributed by atoms with E-state index in [4.69, 9.17) is 0 Å². The van der Waals surface area contributed by atoms with E-state index in [1.807, 2.05) is 6.07 Å². The first-order valence-electron chi connectivity index (χ1n) is 8.99. The van der Waals surface area contributed by atoms with Gasteiger partial charge in [0.15, 0.2) is 0 Å². The number of imidazole rings is 1. The van der Waals surface area contributed by atoms with Crippen molar-refractivity contribution >= 4 is 16.9 Å². The van der Waals surface area contributed by atoms with E-state index in [2.05, 4.69) is 15.3 Å². The minimum atomic E-state index is -4.59. The molecule has 0 saturated heterocycles. The number of hydrogen-bond acceptors (Lipinski definition) is 2. The van der Waals surface area contributed by atoms with Crippen LogP contribution in [-0.2, 0) is 6.18 Å². The van der Waals surface area contributed by atoms with Gasteiger partial charge in [-0.3, -0.25) is 4.79 Å². The molecule has 0 radical (unpaired) electrons. The molecule has 1 aromatic heterocycles. The molecule has 152 valence electrons. The number of benzene rings is 3. The van der Waals surface area contributed by atoms with Crippen molar-refractivity contribution in [2.75, 3.05) is 0 Å². The van der Waals surface area contributed by atoms with Gasteiger partial charge in [0, 0.05) is 5.56 Å². The summed E-state index contributed by atoms with van der Waals surface area (Å²) in [6.07, 6.45) is -4.59. The van der Waals surface area contributed by atoms with E-state index in [1.54, 1.807) is 30.3 Å². The predicted molar refractivity (Wildman–Crippen MR) is 103 cm³/mol. The van der Waals surface area contributed by atoms with Gasteiger partial charge in [0.1, 0.15) is 5.82 Å². The minimum absolute atomic E-state index is 0.169. The van der Waals surface area contributed by atoms with Crippen LogP contribution in [0.15, 0.2) is 72.8 Å². The van der Waals surface area contributed by atoms with Gasteiger partial charge >= 0.3 is 6.18 Å². The molecule has 30 heavy (non-hydrogen) atoms. The van der Waals surface area contributed by atoms with Crippen LogP contribution in [0.1, 0.15) is 33.4 Å². The molecule has 4 nitrogen and oxygen atoms in total. The molecule has 2 N–H and O–H groups in total. The lowest BCUT2D eigenvalue weighted by Gasteiger charge is -2.20.